The summed E-state index contributed by atoms with van der Waals surface area (Å²) >= 11 is 0. The van der Waals surface area contributed by atoms with E-state index in [2.05, 4.69) is 0 Å². The molecular formula is C9H19N3O3. The lowest BCUT2D eigenvalue weighted by Crippen LogP contribution is -2.46. The van der Waals surface area contributed by atoms with Crippen molar-refractivity contribution in [3.8, 4) is 0 Å². The lowest BCUT2D eigenvalue weighted by atomic mass is 10.3. The van der Waals surface area contributed by atoms with Gasteiger partial charge >= 0.3 is 5.97 Å². The molecule has 1 unspecified atom stereocenters. The van der Waals surface area contributed by atoms with Crippen molar-refractivity contribution >= 4 is 11.9 Å². The van der Waals surface area contributed by atoms with Gasteiger partial charge in [0.25, 0.3) is 0 Å². The first kappa shape index (κ1) is 13.9. The van der Waals surface area contributed by atoms with E-state index >= 15 is 0 Å². The van der Waals surface area contributed by atoms with E-state index in [4.69, 9.17) is 10.8 Å². The first-order valence-electron chi connectivity index (χ1n) is 4.79. The van der Waals surface area contributed by atoms with Gasteiger partial charge in [0.15, 0.2) is 0 Å². The SMILES string of the molecule is CCN(CC(=O)N(C)C)CC(N)C(=O)O. The molecule has 15 heavy (non-hydrogen) atoms. The maximum absolute atomic E-state index is 11.4. The summed E-state index contributed by atoms with van der Waals surface area (Å²) < 4.78 is 0. The number of nitrogens with two attached hydrogens (primary N) is 1. The van der Waals surface area contributed by atoms with Gasteiger partial charge < -0.3 is 15.7 Å². The van der Waals surface area contributed by atoms with Crippen LogP contribution in [-0.2, 0) is 9.59 Å². The van der Waals surface area contributed by atoms with Gasteiger partial charge in [0.2, 0.25) is 5.91 Å². The van der Waals surface area contributed by atoms with Crippen LogP contribution in [0.1, 0.15) is 6.92 Å². The number of nitrogens with zero attached hydrogens (tertiary/aromatic N) is 2. The summed E-state index contributed by atoms with van der Waals surface area (Å²) in [4.78, 5) is 25.1. The highest BCUT2D eigenvalue weighted by atomic mass is 16.4. The number of rotatable bonds is 6. The summed E-state index contributed by atoms with van der Waals surface area (Å²) in [5.74, 6) is -1.11. The monoisotopic (exact) mass is 217 g/mol. The Morgan fingerprint density at radius 3 is 2.27 bits per heavy atom. The number of aliphatic carboxylic acids is 1. The molecule has 0 saturated heterocycles. The number of hydrogen-bond donors (Lipinski definition) is 2. The van der Waals surface area contributed by atoms with Crippen LogP contribution in [-0.4, -0.2) is 66.6 Å². The van der Waals surface area contributed by atoms with Gasteiger partial charge in [-0.05, 0) is 6.54 Å². The van der Waals surface area contributed by atoms with Gasteiger partial charge in [-0.25, -0.2) is 0 Å². The molecule has 0 bridgehead atoms. The number of amides is 1. The maximum Gasteiger partial charge on any atom is 0.321 e. The van der Waals surface area contributed by atoms with E-state index in [1.807, 2.05) is 6.92 Å². The van der Waals surface area contributed by atoms with Crippen LogP contribution in [0.25, 0.3) is 0 Å². The molecule has 3 N–H and O–H groups in total. The molecule has 0 saturated carbocycles. The largest absolute Gasteiger partial charge is 0.480 e. The Morgan fingerprint density at radius 2 is 1.93 bits per heavy atom. The molecule has 0 aromatic carbocycles. The number of carboxylic acid groups (broad SMARTS) is 1. The van der Waals surface area contributed by atoms with Crippen LogP contribution >= 0.6 is 0 Å². The molecule has 0 aromatic heterocycles. The zero-order valence-electron chi connectivity index (χ0n) is 9.43. The minimum absolute atomic E-state index is 0.0607. The summed E-state index contributed by atoms with van der Waals surface area (Å²) in [5, 5.41) is 8.62. The van der Waals surface area contributed by atoms with Gasteiger partial charge in [-0.3, -0.25) is 14.5 Å². The van der Waals surface area contributed by atoms with E-state index in [1.165, 1.54) is 4.90 Å². The van der Waals surface area contributed by atoms with Crippen molar-refractivity contribution in [3.05, 3.63) is 0 Å². The molecule has 0 radical (unpaired) electrons. The Morgan fingerprint density at radius 1 is 1.40 bits per heavy atom. The predicted molar refractivity (Wildman–Crippen MR) is 56.4 cm³/mol. The summed E-state index contributed by atoms with van der Waals surface area (Å²) in [7, 11) is 3.32. The van der Waals surface area contributed by atoms with Crippen LogP contribution in [0.2, 0.25) is 0 Å². The molecule has 0 aliphatic rings. The van der Waals surface area contributed by atoms with E-state index in [0.29, 0.717) is 6.54 Å². The molecule has 1 amide bonds. The van der Waals surface area contributed by atoms with Crippen molar-refractivity contribution in [3.63, 3.8) is 0 Å². The van der Waals surface area contributed by atoms with Gasteiger partial charge in [0, 0.05) is 20.6 Å². The molecule has 0 aromatic rings. The van der Waals surface area contributed by atoms with E-state index in [-0.39, 0.29) is 19.0 Å². The number of likely N-dealkylation sites (N-methyl/N-ethyl adjacent to an activating group) is 2. The highest BCUT2D eigenvalue weighted by Gasteiger charge is 2.18. The quantitative estimate of drug-likeness (QED) is 0.584. The minimum Gasteiger partial charge on any atom is -0.480 e. The fourth-order valence-corrected chi connectivity index (χ4v) is 0.994. The molecule has 0 fully saturated rings. The van der Waals surface area contributed by atoms with Crippen molar-refractivity contribution < 1.29 is 14.7 Å². The highest BCUT2D eigenvalue weighted by molar-refractivity contribution is 5.78. The number of hydrogen-bond acceptors (Lipinski definition) is 4. The number of carbonyl (C=O) groups is 2. The minimum atomic E-state index is -1.05. The van der Waals surface area contributed by atoms with Crippen LogP contribution in [0.3, 0.4) is 0 Å². The molecule has 1 atom stereocenters. The van der Waals surface area contributed by atoms with Gasteiger partial charge in [-0.1, -0.05) is 6.92 Å². The Bertz CT molecular complexity index is 231. The molecule has 6 nitrogen and oxygen atoms in total. The van der Waals surface area contributed by atoms with Crippen LogP contribution in [0, 0.1) is 0 Å². The molecule has 6 heteroatoms. The van der Waals surface area contributed by atoms with Crippen molar-refractivity contribution in [2.45, 2.75) is 13.0 Å². The van der Waals surface area contributed by atoms with Gasteiger partial charge in [-0.2, -0.15) is 0 Å². The van der Waals surface area contributed by atoms with E-state index in [1.54, 1.807) is 19.0 Å². The Hall–Kier alpha value is -1.14. The lowest BCUT2D eigenvalue weighted by Gasteiger charge is -2.23. The van der Waals surface area contributed by atoms with E-state index < -0.39 is 12.0 Å². The number of carbonyl (C=O) groups excluding carboxylic acids is 1. The summed E-state index contributed by atoms with van der Waals surface area (Å²) in [6.45, 7) is 2.84. The molecule has 88 valence electrons. The van der Waals surface area contributed by atoms with Gasteiger partial charge in [-0.15, -0.1) is 0 Å². The Labute approximate surface area is 89.6 Å². The normalized spacial score (nSPS) is 12.6. The van der Waals surface area contributed by atoms with Crippen molar-refractivity contribution in [2.24, 2.45) is 5.73 Å². The Balaban J connectivity index is 4.14. The second-order valence-corrected chi connectivity index (χ2v) is 3.56. The van der Waals surface area contributed by atoms with E-state index in [0.717, 1.165) is 0 Å². The average molecular weight is 217 g/mol. The first-order valence-corrected chi connectivity index (χ1v) is 4.79. The molecule has 0 heterocycles. The smallest absolute Gasteiger partial charge is 0.321 e. The summed E-state index contributed by atoms with van der Waals surface area (Å²) in [6.07, 6.45) is 0. The van der Waals surface area contributed by atoms with E-state index in [9.17, 15) is 9.59 Å². The zero-order chi connectivity index (χ0) is 12.0. The second-order valence-electron chi connectivity index (χ2n) is 3.56. The first-order chi connectivity index (χ1) is 6.88. The third-order valence-electron chi connectivity index (χ3n) is 2.08. The standard InChI is InChI=1S/C9H19N3O3/c1-4-12(5-7(10)9(14)15)6-8(13)11(2)3/h7H,4-6,10H2,1-3H3,(H,14,15). The average Bonchev–Trinajstić information content (AvgIpc) is 2.15. The van der Waals surface area contributed by atoms with Gasteiger partial charge in [0.05, 0.1) is 6.54 Å². The molecule has 0 rings (SSSR count). The highest BCUT2D eigenvalue weighted by Crippen LogP contribution is 1.93. The second kappa shape index (κ2) is 6.36. The van der Waals surface area contributed by atoms with Crippen molar-refractivity contribution in [1.82, 2.24) is 9.80 Å². The topological polar surface area (TPSA) is 86.9 Å². The zero-order valence-corrected chi connectivity index (χ0v) is 9.43. The third kappa shape index (κ3) is 5.34. The fraction of sp³-hybridized carbons (Fsp3) is 0.778. The third-order valence-corrected chi connectivity index (χ3v) is 2.08. The molecule has 0 aliphatic heterocycles. The van der Waals surface area contributed by atoms with Crippen molar-refractivity contribution in [1.29, 1.82) is 0 Å². The van der Waals surface area contributed by atoms with Crippen LogP contribution < -0.4 is 5.73 Å². The van der Waals surface area contributed by atoms with Crippen LogP contribution in [0.4, 0.5) is 0 Å². The summed E-state index contributed by atoms with van der Waals surface area (Å²) in [6, 6.07) is -0.945. The maximum atomic E-state index is 11.4. The van der Waals surface area contributed by atoms with Gasteiger partial charge in [0.1, 0.15) is 6.04 Å². The lowest BCUT2D eigenvalue weighted by molar-refractivity contribution is -0.139. The van der Waals surface area contributed by atoms with Crippen molar-refractivity contribution in [2.75, 3.05) is 33.7 Å². The fourth-order valence-electron chi connectivity index (χ4n) is 0.994. The molecule has 0 aliphatic carbocycles. The van der Waals surface area contributed by atoms with Crippen LogP contribution in [0.5, 0.6) is 0 Å². The Kier molecular flexibility index (Phi) is 5.88. The van der Waals surface area contributed by atoms with Crippen LogP contribution in [0.15, 0.2) is 0 Å². The molecule has 0 spiro atoms. The summed E-state index contributed by atoms with van der Waals surface area (Å²) in [5.41, 5.74) is 5.38. The molecular weight excluding hydrogens is 198 g/mol. The predicted octanol–water partition coefficient (Wildman–Crippen LogP) is -1.19. The number of carboxylic acids is 1.